The zero-order chi connectivity index (χ0) is 19.8. The molecular formula is C19H27BrN4O3. The van der Waals surface area contributed by atoms with Crippen molar-refractivity contribution in [1.29, 1.82) is 0 Å². The summed E-state index contributed by atoms with van der Waals surface area (Å²) in [6, 6.07) is 5.76. The molecule has 0 spiro atoms. The van der Waals surface area contributed by atoms with Crippen LogP contribution in [0.2, 0.25) is 0 Å². The summed E-state index contributed by atoms with van der Waals surface area (Å²) >= 11 is 3.41. The van der Waals surface area contributed by atoms with Gasteiger partial charge in [0.15, 0.2) is 5.96 Å². The summed E-state index contributed by atoms with van der Waals surface area (Å²) in [4.78, 5) is 30.4. The number of carbonyl (C=O) groups excluding carboxylic acids is 2. The van der Waals surface area contributed by atoms with Gasteiger partial charge in [0.05, 0.1) is 19.1 Å². The maximum Gasteiger partial charge on any atom is 0.309 e. The minimum absolute atomic E-state index is 0.0536. The molecule has 2 N–H and O–H groups in total. The van der Waals surface area contributed by atoms with Gasteiger partial charge in [0, 0.05) is 30.3 Å². The lowest BCUT2D eigenvalue weighted by atomic mass is 9.97. The number of benzene rings is 1. The number of guanidine groups is 1. The van der Waals surface area contributed by atoms with Crippen LogP contribution in [-0.2, 0) is 14.3 Å². The van der Waals surface area contributed by atoms with Crippen LogP contribution in [0.4, 0.5) is 5.69 Å². The summed E-state index contributed by atoms with van der Waals surface area (Å²) in [5.41, 5.74) is 1.78. The highest BCUT2D eigenvalue weighted by molar-refractivity contribution is 9.10. The first-order chi connectivity index (χ1) is 12.9. The Morgan fingerprint density at radius 2 is 2.04 bits per heavy atom. The summed E-state index contributed by atoms with van der Waals surface area (Å²) in [5, 5.41) is 6.00. The lowest BCUT2D eigenvalue weighted by Gasteiger charge is -2.33. The highest BCUT2D eigenvalue weighted by Crippen LogP contribution is 2.21. The molecule has 0 bridgehead atoms. The van der Waals surface area contributed by atoms with Crippen molar-refractivity contribution in [2.75, 3.05) is 38.6 Å². The summed E-state index contributed by atoms with van der Waals surface area (Å²) in [6.07, 6.45) is 1.45. The largest absolute Gasteiger partial charge is 0.466 e. The molecule has 0 unspecified atom stereocenters. The van der Waals surface area contributed by atoms with Gasteiger partial charge < -0.3 is 20.3 Å². The van der Waals surface area contributed by atoms with Crippen molar-refractivity contribution >= 4 is 39.5 Å². The normalized spacial score (nSPS) is 15.4. The van der Waals surface area contributed by atoms with E-state index < -0.39 is 0 Å². The highest BCUT2D eigenvalue weighted by Gasteiger charge is 2.27. The molecule has 0 aromatic heterocycles. The number of likely N-dealkylation sites (tertiary alicyclic amines) is 1. The Balaban J connectivity index is 1.83. The van der Waals surface area contributed by atoms with Crippen molar-refractivity contribution in [2.24, 2.45) is 10.9 Å². The van der Waals surface area contributed by atoms with Gasteiger partial charge >= 0.3 is 5.97 Å². The maximum absolute atomic E-state index is 12.3. The van der Waals surface area contributed by atoms with E-state index >= 15 is 0 Å². The predicted octanol–water partition coefficient (Wildman–Crippen LogP) is 2.55. The topological polar surface area (TPSA) is 83.0 Å². The first-order valence-electron chi connectivity index (χ1n) is 9.12. The van der Waals surface area contributed by atoms with Crippen LogP contribution < -0.4 is 10.6 Å². The average Bonchev–Trinajstić information content (AvgIpc) is 2.66. The van der Waals surface area contributed by atoms with E-state index in [2.05, 4.69) is 36.5 Å². The number of ether oxygens (including phenoxy) is 1. The van der Waals surface area contributed by atoms with Crippen LogP contribution in [0, 0.1) is 12.8 Å². The average molecular weight is 439 g/mol. The zero-order valence-electron chi connectivity index (χ0n) is 16.0. The number of aliphatic imine (C=N–C) groups is 1. The number of hydrogen-bond acceptors (Lipinski definition) is 4. The molecule has 1 heterocycles. The molecule has 1 aromatic carbocycles. The molecule has 7 nitrogen and oxygen atoms in total. The van der Waals surface area contributed by atoms with Crippen LogP contribution in [0.15, 0.2) is 27.7 Å². The quantitative estimate of drug-likeness (QED) is 0.419. The smallest absolute Gasteiger partial charge is 0.309 e. The van der Waals surface area contributed by atoms with Crippen molar-refractivity contribution in [2.45, 2.75) is 26.7 Å². The van der Waals surface area contributed by atoms with Crippen molar-refractivity contribution in [3.63, 3.8) is 0 Å². The molecular weight excluding hydrogens is 412 g/mol. The van der Waals surface area contributed by atoms with E-state index in [1.54, 1.807) is 7.05 Å². The minimum Gasteiger partial charge on any atom is -0.466 e. The number of aryl methyl sites for hydroxylation is 1. The van der Waals surface area contributed by atoms with E-state index in [1.807, 2.05) is 32.0 Å². The molecule has 1 saturated heterocycles. The lowest BCUT2D eigenvalue weighted by molar-refractivity contribution is -0.149. The number of amides is 1. The van der Waals surface area contributed by atoms with Gasteiger partial charge in [-0.3, -0.25) is 14.6 Å². The first kappa shape index (κ1) is 21.2. The van der Waals surface area contributed by atoms with Crippen LogP contribution >= 0.6 is 15.9 Å². The standard InChI is InChI=1S/C19H27BrN4O3/c1-4-27-18(26)14-7-9-24(10-8-14)19(21-3)22-12-17(25)23-16-11-15(20)6-5-13(16)2/h5-6,11,14H,4,7-10,12H2,1-3H3,(H,21,22)(H,23,25). The van der Waals surface area contributed by atoms with Crippen molar-refractivity contribution in [3.8, 4) is 0 Å². The molecule has 1 fully saturated rings. The summed E-state index contributed by atoms with van der Waals surface area (Å²) < 4.78 is 6.01. The maximum atomic E-state index is 12.3. The number of hydrogen-bond donors (Lipinski definition) is 2. The minimum atomic E-state index is -0.140. The third-order valence-corrected chi connectivity index (χ3v) is 5.00. The van der Waals surface area contributed by atoms with Crippen LogP contribution in [-0.4, -0.2) is 56.0 Å². The molecule has 0 saturated carbocycles. The fraction of sp³-hybridized carbons (Fsp3) is 0.526. The SMILES string of the molecule is CCOC(=O)C1CCN(C(=NC)NCC(=O)Nc2cc(Br)ccc2C)CC1. The Kier molecular flexibility index (Phi) is 8.09. The number of carbonyl (C=O) groups is 2. The second kappa shape index (κ2) is 10.3. The van der Waals surface area contributed by atoms with Gasteiger partial charge in [-0.05, 0) is 44.4 Å². The molecule has 8 heteroatoms. The van der Waals surface area contributed by atoms with Gasteiger partial charge in [-0.25, -0.2) is 0 Å². The summed E-state index contributed by atoms with van der Waals surface area (Å²) in [6.45, 7) is 5.71. The van der Waals surface area contributed by atoms with E-state index in [9.17, 15) is 9.59 Å². The van der Waals surface area contributed by atoms with Crippen LogP contribution in [0.3, 0.4) is 0 Å². The van der Waals surface area contributed by atoms with E-state index in [4.69, 9.17) is 4.74 Å². The molecule has 1 amide bonds. The lowest BCUT2D eigenvalue weighted by Crippen LogP contribution is -2.48. The van der Waals surface area contributed by atoms with Gasteiger partial charge in [-0.1, -0.05) is 22.0 Å². The Morgan fingerprint density at radius 1 is 1.33 bits per heavy atom. The van der Waals surface area contributed by atoms with Crippen LogP contribution in [0.5, 0.6) is 0 Å². The third kappa shape index (κ3) is 6.23. The first-order valence-corrected chi connectivity index (χ1v) is 9.92. The van der Waals surface area contributed by atoms with Crippen molar-refractivity contribution in [1.82, 2.24) is 10.2 Å². The molecule has 0 radical (unpaired) electrons. The Hall–Kier alpha value is -2.09. The fourth-order valence-electron chi connectivity index (χ4n) is 3.00. The zero-order valence-corrected chi connectivity index (χ0v) is 17.6. The second-order valence-corrected chi connectivity index (χ2v) is 7.34. The molecule has 1 aromatic rings. The summed E-state index contributed by atoms with van der Waals surface area (Å²) in [7, 11) is 1.69. The molecule has 0 atom stereocenters. The summed E-state index contributed by atoms with van der Waals surface area (Å²) in [5.74, 6) is 0.350. The van der Waals surface area contributed by atoms with E-state index in [1.165, 1.54) is 0 Å². The third-order valence-electron chi connectivity index (χ3n) is 4.51. The molecule has 27 heavy (non-hydrogen) atoms. The Morgan fingerprint density at radius 3 is 2.67 bits per heavy atom. The number of halogens is 1. The van der Waals surface area contributed by atoms with E-state index in [-0.39, 0.29) is 24.3 Å². The number of piperidine rings is 1. The van der Waals surface area contributed by atoms with Gasteiger partial charge in [-0.2, -0.15) is 0 Å². The predicted molar refractivity (Wildman–Crippen MR) is 110 cm³/mol. The monoisotopic (exact) mass is 438 g/mol. The van der Waals surface area contributed by atoms with Crippen LogP contribution in [0.25, 0.3) is 0 Å². The second-order valence-electron chi connectivity index (χ2n) is 6.42. The van der Waals surface area contributed by atoms with E-state index in [0.29, 0.717) is 25.7 Å². The van der Waals surface area contributed by atoms with Gasteiger partial charge in [0.1, 0.15) is 0 Å². The number of rotatable bonds is 5. The number of nitrogens with zero attached hydrogens (tertiary/aromatic N) is 2. The number of anilines is 1. The molecule has 148 valence electrons. The Labute approximate surface area is 168 Å². The van der Waals surface area contributed by atoms with Crippen molar-refractivity contribution < 1.29 is 14.3 Å². The van der Waals surface area contributed by atoms with E-state index in [0.717, 1.165) is 28.6 Å². The molecule has 1 aliphatic rings. The van der Waals surface area contributed by atoms with Crippen LogP contribution in [0.1, 0.15) is 25.3 Å². The van der Waals surface area contributed by atoms with Gasteiger partial charge in [0.2, 0.25) is 5.91 Å². The number of esters is 1. The molecule has 2 rings (SSSR count). The molecule has 0 aliphatic carbocycles. The fourth-order valence-corrected chi connectivity index (χ4v) is 3.36. The molecule has 1 aliphatic heterocycles. The Bertz CT molecular complexity index is 700. The number of nitrogens with one attached hydrogen (secondary N) is 2. The van der Waals surface area contributed by atoms with Crippen molar-refractivity contribution in [3.05, 3.63) is 28.2 Å². The van der Waals surface area contributed by atoms with Gasteiger partial charge in [-0.15, -0.1) is 0 Å². The van der Waals surface area contributed by atoms with Gasteiger partial charge in [0.25, 0.3) is 0 Å². The highest BCUT2D eigenvalue weighted by atomic mass is 79.9.